The Morgan fingerprint density at radius 3 is 2.74 bits per heavy atom. The number of ether oxygens (including phenoxy) is 3. The molecule has 0 amide bonds. The van der Waals surface area contributed by atoms with Crippen LogP contribution in [0, 0.1) is 5.92 Å². The zero-order valence-corrected chi connectivity index (χ0v) is 11.4. The Morgan fingerprint density at radius 1 is 1.32 bits per heavy atom. The minimum Gasteiger partial charge on any atom is -0.493 e. The SMILES string of the molecule is CC(N)Cc1cc2c(cc1OCCC1CC1)OCO2. The molecule has 1 aliphatic carbocycles. The molecule has 1 atom stereocenters. The van der Waals surface area contributed by atoms with E-state index in [4.69, 9.17) is 19.9 Å². The summed E-state index contributed by atoms with van der Waals surface area (Å²) in [5.74, 6) is 3.34. The van der Waals surface area contributed by atoms with E-state index in [2.05, 4.69) is 0 Å². The number of hydrogen-bond acceptors (Lipinski definition) is 4. The van der Waals surface area contributed by atoms with Gasteiger partial charge >= 0.3 is 0 Å². The Balaban J connectivity index is 1.73. The van der Waals surface area contributed by atoms with Crippen LogP contribution in [0.15, 0.2) is 12.1 Å². The molecule has 104 valence electrons. The Hall–Kier alpha value is -1.42. The van der Waals surface area contributed by atoms with Gasteiger partial charge in [0, 0.05) is 12.1 Å². The second-order valence-corrected chi connectivity index (χ2v) is 5.58. The summed E-state index contributed by atoms with van der Waals surface area (Å²) in [7, 11) is 0. The topological polar surface area (TPSA) is 53.7 Å². The van der Waals surface area contributed by atoms with Gasteiger partial charge in [0.05, 0.1) is 6.61 Å². The molecule has 19 heavy (non-hydrogen) atoms. The van der Waals surface area contributed by atoms with Crippen molar-refractivity contribution in [2.45, 2.75) is 38.6 Å². The molecule has 4 nitrogen and oxygen atoms in total. The molecule has 0 bridgehead atoms. The second kappa shape index (κ2) is 5.29. The van der Waals surface area contributed by atoms with Crippen molar-refractivity contribution in [1.29, 1.82) is 0 Å². The fourth-order valence-corrected chi connectivity index (χ4v) is 2.35. The minimum atomic E-state index is 0.103. The average Bonchev–Trinajstić information content (AvgIpc) is 3.06. The van der Waals surface area contributed by atoms with Gasteiger partial charge in [-0.1, -0.05) is 12.8 Å². The van der Waals surface area contributed by atoms with E-state index in [1.807, 2.05) is 19.1 Å². The summed E-state index contributed by atoms with van der Waals surface area (Å²) in [5.41, 5.74) is 7.00. The van der Waals surface area contributed by atoms with Gasteiger partial charge in [0.15, 0.2) is 11.5 Å². The highest BCUT2D eigenvalue weighted by molar-refractivity contribution is 5.52. The lowest BCUT2D eigenvalue weighted by molar-refractivity contribution is 0.173. The molecule has 1 fully saturated rings. The van der Waals surface area contributed by atoms with Gasteiger partial charge < -0.3 is 19.9 Å². The van der Waals surface area contributed by atoms with Gasteiger partial charge in [-0.2, -0.15) is 0 Å². The van der Waals surface area contributed by atoms with Crippen molar-refractivity contribution in [2.75, 3.05) is 13.4 Å². The lowest BCUT2D eigenvalue weighted by Gasteiger charge is -2.14. The first-order valence-electron chi connectivity index (χ1n) is 7.03. The Bertz CT molecular complexity index is 455. The Labute approximate surface area is 113 Å². The first-order valence-corrected chi connectivity index (χ1v) is 7.03. The molecule has 1 aromatic rings. The van der Waals surface area contributed by atoms with E-state index >= 15 is 0 Å². The summed E-state index contributed by atoms with van der Waals surface area (Å²) in [6, 6.07) is 4.04. The zero-order chi connectivity index (χ0) is 13.2. The van der Waals surface area contributed by atoms with Gasteiger partial charge in [0.1, 0.15) is 5.75 Å². The van der Waals surface area contributed by atoms with Crippen molar-refractivity contribution in [3.8, 4) is 17.2 Å². The molecule has 4 heteroatoms. The van der Waals surface area contributed by atoms with Crippen molar-refractivity contribution >= 4 is 0 Å². The van der Waals surface area contributed by atoms with Crippen LogP contribution in [0.1, 0.15) is 31.7 Å². The average molecular weight is 263 g/mol. The molecule has 1 aliphatic heterocycles. The third-order valence-corrected chi connectivity index (χ3v) is 3.58. The summed E-state index contributed by atoms with van der Waals surface area (Å²) in [6.45, 7) is 3.06. The van der Waals surface area contributed by atoms with Gasteiger partial charge in [0.2, 0.25) is 6.79 Å². The van der Waals surface area contributed by atoms with Crippen LogP contribution in [0.3, 0.4) is 0 Å². The largest absolute Gasteiger partial charge is 0.493 e. The molecule has 1 aromatic carbocycles. The zero-order valence-electron chi connectivity index (χ0n) is 11.4. The highest BCUT2D eigenvalue weighted by Gasteiger charge is 2.22. The molecule has 0 saturated heterocycles. The van der Waals surface area contributed by atoms with Crippen LogP contribution in [0.4, 0.5) is 0 Å². The number of benzene rings is 1. The molecule has 2 aliphatic rings. The molecule has 1 saturated carbocycles. The van der Waals surface area contributed by atoms with E-state index in [-0.39, 0.29) is 6.04 Å². The normalized spacial score (nSPS) is 18.4. The third-order valence-electron chi connectivity index (χ3n) is 3.58. The van der Waals surface area contributed by atoms with Crippen LogP contribution < -0.4 is 19.9 Å². The summed E-state index contributed by atoms with van der Waals surface area (Å²) < 4.78 is 16.7. The van der Waals surface area contributed by atoms with Gasteiger partial charge in [-0.15, -0.1) is 0 Å². The number of hydrogen-bond donors (Lipinski definition) is 1. The number of nitrogens with two attached hydrogens (primary N) is 1. The first kappa shape index (κ1) is 12.6. The second-order valence-electron chi connectivity index (χ2n) is 5.58. The maximum Gasteiger partial charge on any atom is 0.231 e. The standard InChI is InChI=1S/C15H21NO3/c1-10(16)6-12-7-14-15(19-9-18-14)8-13(12)17-5-4-11-2-3-11/h7-8,10-11H,2-6,9,16H2,1H3. The highest BCUT2D eigenvalue weighted by Crippen LogP contribution is 2.39. The van der Waals surface area contributed by atoms with Gasteiger partial charge in [-0.3, -0.25) is 0 Å². The van der Waals surface area contributed by atoms with E-state index in [1.165, 1.54) is 12.8 Å². The van der Waals surface area contributed by atoms with Crippen LogP contribution in [-0.2, 0) is 6.42 Å². The van der Waals surface area contributed by atoms with Gasteiger partial charge in [0.25, 0.3) is 0 Å². The molecule has 1 unspecified atom stereocenters. The van der Waals surface area contributed by atoms with Crippen molar-refractivity contribution in [2.24, 2.45) is 11.7 Å². The molecular weight excluding hydrogens is 242 g/mol. The molecule has 3 rings (SSSR count). The maximum absolute atomic E-state index is 5.92. The first-order chi connectivity index (χ1) is 9.22. The maximum atomic E-state index is 5.92. The van der Waals surface area contributed by atoms with Crippen molar-refractivity contribution in [3.63, 3.8) is 0 Å². The fraction of sp³-hybridized carbons (Fsp3) is 0.600. The lowest BCUT2D eigenvalue weighted by Crippen LogP contribution is -2.18. The summed E-state index contributed by atoms with van der Waals surface area (Å²) in [6.07, 6.45) is 4.65. The quantitative estimate of drug-likeness (QED) is 0.856. The van der Waals surface area contributed by atoms with Crippen LogP contribution in [0.5, 0.6) is 17.2 Å². The van der Waals surface area contributed by atoms with Crippen LogP contribution in [0.2, 0.25) is 0 Å². The Morgan fingerprint density at radius 2 is 2.05 bits per heavy atom. The fourth-order valence-electron chi connectivity index (χ4n) is 2.35. The van der Waals surface area contributed by atoms with E-state index < -0.39 is 0 Å². The minimum absolute atomic E-state index is 0.103. The number of rotatable bonds is 6. The van der Waals surface area contributed by atoms with Crippen molar-refractivity contribution in [3.05, 3.63) is 17.7 Å². The number of fused-ring (bicyclic) bond motifs is 1. The predicted octanol–water partition coefficient (Wildman–Crippen LogP) is 2.48. The molecule has 2 N–H and O–H groups in total. The Kier molecular flexibility index (Phi) is 3.51. The molecule has 0 aromatic heterocycles. The van der Waals surface area contributed by atoms with Crippen molar-refractivity contribution < 1.29 is 14.2 Å². The van der Waals surface area contributed by atoms with Crippen molar-refractivity contribution in [1.82, 2.24) is 0 Å². The highest BCUT2D eigenvalue weighted by atomic mass is 16.7. The molecule has 0 radical (unpaired) electrons. The van der Waals surface area contributed by atoms with Gasteiger partial charge in [-0.25, -0.2) is 0 Å². The summed E-state index contributed by atoms with van der Waals surface area (Å²) in [5, 5.41) is 0. The lowest BCUT2D eigenvalue weighted by atomic mass is 10.1. The monoisotopic (exact) mass is 263 g/mol. The predicted molar refractivity (Wildman–Crippen MR) is 72.8 cm³/mol. The summed E-state index contributed by atoms with van der Waals surface area (Å²) >= 11 is 0. The van der Waals surface area contributed by atoms with Crippen LogP contribution >= 0.6 is 0 Å². The third kappa shape index (κ3) is 3.13. The molecule has 1 heterocycles. The van der Waals surface area contributed by atoms with E-state index in [1.54, 1.807) is 0 Å². The van der Waals surface area contributed by atoms with E-state index in [0.717, 1.165) is 48.2 Å². The van der Waals surface area contributed by atoms with Gasteiger partial charge in [-0.05, 0) is 37.3 Å². The molecular formula is C15H21NO3. The van der Waals surface area contributed by atoms with E-state index in [0.29, 0.717) is 6.79 Å². The van der Waals surface area contributed by atoms with Crippen LogP contribution in [0.25, 0.3) is 0 Å². The summed E-state index contributed by atoms with van der Waals surface area (Å²) in [4.78, 5) is 0. The molecule has 0 spiro atoms. The smallest absolute Gasteiger partial charge is 0.231 e. The van der Waals surface area contributed by atoms with Crippen LogP contribution in [-0.4, -0.2) is 19.4 Å². The van der Waals surface area contributed by atoms with E-state index in [9.17, 15) is 0 Å².